The highest BCUT2D eigenvalue weighted by Gasteiger charge is 2.22. The van der Waals surface area contributed by atoms with E-state index in [0.717, 1.165) is 0 Å². The molecule has 0 heterocycles. The van der Waals surface area contributed by atoms with Gasteiger partial charge in [0, 0.05) is 11.6 Å². The average Bonchev–Trinajstić information content (AvgIpc) is 2.27. The maximum atomic E-state index is 13.7. The second-order valence-corrected chi connectivity index (χ2v) is 4.45. The van der Waals surface area contributed by atoms with Crippen LogP contribution in [0.2, 0.25) is 5.02 Å². The van der Waals surface area contributed by atoms with Crippen LogP contribution >= 0.6 is 27.5 Å². The Morgan fingerprint density at radius 2 is 2.25 bits per heavy atom. The number of ketones is 1. The summed E-state index contributed by atoms with van der Waals surface area (Å²) in [5, 5.41) is -0.0863. The molecule has 0 N–H and O–H groups in total. The molecule has 1 aromatic rings. The minimum absolute atomic E-state index is 0.0399. The lowest BCUT2D eigenvalue weighted by atomic mass is 10.0. The molecule has 1 atom stereocenters. The summed E-state index contributed by atoms with van der Waals surface area (Å²) in [4.78, 5) is 11.9. The van der Waals surface area contributed by atoms with Crippen LogP contribution < -0.4 is 0 Å². The fraction of sp³-hybridized carbons (Fsp3) is 0.364. The van der Waals surface area contributed by atoms with Gasteiger partial charge in [-0.2, -0.15) is 0 Å². The molecule has 0 saturated heterocycles. The van der Waals surface area contributed by atoms with Crippen molar-refractivity contribution in [2.45, 2.75) is 19.4 Å². The van der Waals surface area contributed by atoms with Gasteiger partial charge in [-0.25, -0.2) is 4.39 Å². The van der Waals surface area contributed by atoms with Gasteiger partial charge in [0.1, 0.15) is 6.10 Å². The third-order valence-electron chi connectivity index (χ3n) is 2.25. The lowest BCUT2D eigenvalue weighted by Crippen LogP contribution is -2.23. The van der Waals surface area contributed by atoms with Crippen LogP contribution in [0.3, 0.4) is 0 Å². The van der Waals surface area contributed by atoms with Crippen LogP contribution in [0.25, 0.3) is 0 Å². The zero-order valence-electron chi connectivity index (χ0n) is 8.89. The number of hydrogen-bond acceptors (Lipinski definition) is 2. The Morgan fingerprint density at radius 3 is 2.75 bits per heavy atom. The second-order valence-electron chi connectivity index (χ2n) is 3.22. The standard InChI is InChI=1S/C11H11BrClFO2/c1-3-8(16-2)11(15)6-4-5-7(12)9(13)10(6)14/h4-5,8H,3H2,1-2H3. The van der Waals surface area contributed by atoms with E-state index in [0.29, 0.717) is 10.9 Å². The SMILES string of the molecule is CCC(OC)C(=O)c1ccc(Br)c(Cl)c1F. The van der Waals surface area contributed by atoms with E-state index in [2.05, 4.69) is 15.9 Å². The topological polar surface area (TPSA) is 26.3 Å². The van der Waals surface area contributed by atoms with Crippen LogP contribution in [0.1, 0.15) is 23.7 Å². The normalized spacial score (nSPS) is 12.6. The van der Waals surface area contributed by atoms with Crippen LogP contribution in [0.15, 0.2) is 16.6 Å². The zero-order valence-corrected chi connectivity index (χ0v) is 11.2. The number of benzene rings is 1. The van der Waals surface area contributed by atoms with Crippen molar-refractivity contribution in [1.82, 2.24) is 0 Å². The number of hydrogen-bond donors (Lipinski definition) is 0. The molecule has 0 fully saturated rings. The van der Waals surface area contributed by atoms with Gasteiger partial charge in [0.25, 0.3) is 0 Å². The highest BCUT2D eigenvalue weighted by atomic mass is 79.9. The smallest absolute Gasteiger partial charge is 0.194 e. The summed E-state index contributed by atoms with van der Waals surface area (Å²) in [7, 11) is 1.42. The molecule has 1 rings (SSSR count). The molecular formula is C11H11BrClFO2. The monoisotopic (exact) mass is 308 g/mol. The second kappa shape index (κ2) is 5.75. The van der Waals surface area contributed by atoms with E-state index in [4.69, 9.17) is 16.3 Å². The maximum absolute atomic E-state index is 13.7. The molecular weight excluding hydrogens is 298 g/mol. The molecule has 0 spiro atoms. The summed E-state index contributed by atoms with van der Waals surface area (Å²) in [6.45, 7) is 1.80. The van der Waals surface area contributed by atoms with Crippen molar-refractivity contribution >= 4 is 33.3 Å². The van der Waals surface area contributed by atoms with E-state index >= 15 is 0 Å². The summed E-state index contributed by atoms with van der Waals surface area (Å²) in [5.74, 6) is -1.10. The van der Waals surface area contributed by atoms with Crippen molar-refractivity contribution in [3.63, 3.8) is 0 Å². The first-order chi connectivity index (χ1) is 7.52. The third kappa shape index (κ3) is 2.62. The molecule has 0 aromatic heterocycles. The predicted molar refractivity (Wildman–Crippen MR) is 64.5 cm³/mol. The van der Waals surface area contributed by atoms with Crippen LogP contribution in [-0.4, -0.2) is 19.0 Å². The van der Waals surface area contributed by atoms with Crippen molar-refractivity contribution in [2.75, 3.05) is 7.11 Å². The summed E-state index contributed by atoms with van der Waals surface area (Å²) in [5.41, 5.74) is -0.0399. The molecule has 0 aliphatic carbocycles. The van der Waals surface area contributed by atoms with Crippen molar-refractivity contribution in [2.24, 2.45) is 0 Å². The Labute approximate surface area is 107 Å². The highest BCUT2D eigenvalue weighted by Crippen LogP contribution is 2.28. The summed E-state index contributed by atoms with van der Waals surface area (Å²) in [6, 6.07) is 2.94. The molecule has 88 valence electrons. The van der Waals surface area contributed by atoms with Gasteiger partial charge in [-0.3, -0.25) is 4.79 Å². The van der Waals surface area contributed by atoms with E-state index in [1.54, 1.807) is 13.0 Å². The van der Waals surface area contributed by atoms with Gasteiger partial charge in [-0.15, -0.1) is 0 Å². The van der Waals surface area contributed by atoms with E-state index in [9.17, 15) is 9.18 Å². The fourth-order valence-corrected chi connectivity index (χ4v) is 1.82. The fourth-order valence-electron chi connectivity index (χ4n) is 1.35. The van der Waals surface area contributed by atoms with E-state index in [1.807, 2.05) is 0 Å². The quantitative estimate of drug-likeness (QED) is 0.624. The van der Waals surface area contributed by atoms with E-state index in [-0.39, 0.29) is 10.6 Å². The first-order valence-electron chi connectivity index (χ1n) is 4.73. The number of carbonyl (C=O) groups is 1. The third-order valence-corrected chi connectivity index (χ3v) is 3.51. The Kier molecular flexibility index (Phi) is 4.89. The molecule has 16 heavy (non-hydrogen) atoms. The van der Waals surface area contributed by atoms with Gasteiger partial charge < -0.3 is 4.74 Å². The molecule has 0 aliphatic heterocycles. The van der Waals surface area contributed by atoms with Gasteiger partial charge in [0.05, 0.1) is 10.6 Å². The van der Waals surface area contributed by atoms with Crippen molar-refractivity contribution in [3.8, 4) is 0 Å². The molecule has 0 bridgehead atoms. The Bertz CT molecular complexity index is 405. The average molecular weight is 310 g/mol. The predicted octanol–water partition coefficient (Wildman–Crippen LogP) is 3.85. The largest absolute Gasteiger partial charge is 0.373 e. The van der Waals surface area contributed by atoms with E-state index in [1.165, 1.54) is 13.2 Å². The molecule has 5 heteroatoms. The molecule has 0 saturated carbocycles. The van der Waals surface area contributed by atoms with Crippen LogP contribution in [0, 0.1) is 5.82 Å². The minimum Gasteiger partial charge on any atom is -0.373 e. The molecule has 0 radical (unpaired) electrons. The van der Waals surface area contributed by atoms with Crippen LogP contribution in [-0.2, 0) is 4.74 Å². The first-order valence-corrected chi connectivity index (χ1v) is 5.90. The molecule has 1 unspecified atom stereocenters. The van der Waals surface area contributed by atoms with E-state index < -0.39 is 17.7 Å². The number of Topliss-reactive ketones (excluding diaryl/α,β-unsaturated/α-hetero) is 1. The van der Waals surface area contributed by atoms with Gasteiger partial charge in [-0.1, -0.05) is 18.5 Å². The number of methoxy groups -OCH3 is 1. The molecule has 0 amide bonds. The lowest BCUT2D eigenvalue weighted by molar-refractivity contribution is 0.0591. The number of carbonyl (C=O) groups excluding carboxylic acids is 1. The van der Waals surface area contributed by atoms with Gasteiger partial charge in [0.2, 0.25) is 0 Å². The molecule has 2 nitrogen and oxygen atoms in total. The Hall–Kier alpha value is -0.450. The highest BCUT2D eigenvalue weighted by molar-refractivity contribution is 9.10. The summed E-state index contributed by atoms with van der Waals surface area (Å²) < 4.78 is 19.1. The van der Waals surface area contributed by atoms with Crippen LogP contribution in [0.5, 0.6) is 0 Å². The molecule has 0 aliphatic rings. The summed E-state index contributed by atoms with van der Waals surface area (Å²) >= 11 is 8.79. The lowest BCUT2D eigenvalue weighted by Gasteiger charge is -2.12. The van der Waals surface area contributed by atoms with Crippen molar-refractivity contribution in [3.05, 3.63) is 33.0 Å². The van der Waals surface area contributed by atoms with Crippen molar-refractivity contribution in [1.29, 1.82) is 0 Å². The van der Waals surface area contributed by atoms with Gasteiger partial charge in [-0.05, 0) is 34.5 Å². The summed E-state index contributed by atoms with van der Waals surface area (Å²) in [6.07, 6.45) is -0.144. The number of halogens is 3. The zero-order chi connectivity index (χ0) is 12.3. The van der Waals surface area contributed by atoms with Crippen LogP contribution in [0.4, 0.5) is 4.39 Å². The van der Waals surface area contributed by atoms with Gasteiger partial charge in [0.15, 0.2) is 11.6 Å². The number of ether oxygens (including phenoxy) is 1. The minimum atomic E-state index is -0.712. The Morgan fingerprint density at radius 1 is 1.62 bits per heavy atom. The molecule has 1 aromatic carbocycles. The maximum Gasteiger partial charge on any atom is 0.194 e. The first kappa shape index (κ1) is 13.6. The Balaban J connectivity index is 3.14. The van der Waals surface area contributed by atoms with Gasteiger partial charge >= 0.3 is 0 Å². The number of rotatable bonds is 4. The van der Waals surface area contributed by atoms with Crippen molar-refractivity contribution < 1.29 is 13.9 Å².